The molecule has 0 aliphatic carbocycles. The van der Waals surface area contributed by atoms with Crippen LogP contribution in [0.3, 0.4) is 0 Å². The van der Waals surface area contributed by atoms with Crippen molar-refractivity contribution in [2.75, 3.05) is 13.6 Å². The fourth-order valence-corrected chi connectivity index (χ4v) is 4.18. The van der Waals surface area contributed by atoms with E-state index in [2.05, 4.69) is 0 Å². The van der Waals surface area contributed by atoms with Crippen molar-refractivity contribution < 1.29 is 17.6 Å². The molecule has 1 aliphatic heterocycles. The van der Waals surface area contributed by atoms with E-state index in [0.29, 0.717) is 0 Å². The number of nitrogens with zero attached hydrogens (tertiary/aromatic N) is 2. The van der Waals surface area contributed by atoms with Gasteiger partial charge in [0.2, 0.25) is 15.9 Å². The molecule has 23 heavy (non-hydrogen) atoms. The van der Waals surface area contributed by atoms with E-state index in [1.54, 1.807) is 4.90 Å². The molecule has 1 aromatic carbocycles. The van der Waals surface area contributed by atoms with Gasteiger partial charge in [-0.1, -0.05) is 0 Å². The molecule has 0 bridgehead atoms. The highest BCUT2D eigenvalue weighted by Gasteiger charge is 2.31. The van der Waals surface area contributed by atoms with Gasteiger partial charge in [-0.25, -0.2) is 12.8 Å². The van der Waals surface area contributed by atoms with E-state index in [4.69, 9.17) is 0 Å². The quantitative estimate of drug-likeness (QED) is 0.843. The average molecular weight is 342 g/mol. The van der Waals surface area contributed by atoms with E-state index in [0.717, 1.165) is 35.7 Å². The van der Waals surface area contributed by atoms with E-state index < -0.39 is 15.8 Å². The summed E-state index contributed by atoms with van der Waals surface area (Å²) in [6, 6.07) is 4.84. The second-order valence-electron chi connectivity index (χ2n) is 6.14. The Bertz CT molecular complexity index is 650. The van der Waals surface area contributed by atoms with E-state index >= 15 is 0 Å². The molecule has 0 N–H and O–H groups in total. The number of likely N-dealkylation sites (N-methyl/N-ethyl adjacent to an activating group) is 1. The van der Waals surface area contributed by atoms with Gasteiger partial charge in [-0.2, -0.15) is 4.31 Å². The van der Waals surface area contributed by atoms with E-state index in [1.165, 1.54) is 19.2 Å². The summed E-state index contributed by atoms with van der Waals surface area (Å²) in [7, 11) is -2.43. The van der Waals surface area contributed by atoms with Gasteiger partial charge < -0.3 is 4.90 Å². The SMILES string of the molecule is CC1CCCC(C)N1C(=O)CN(C)S(=O)(=O)c1ccc(F)cc1. The van der Waals surface area contributed by atoms with Crippen molar-refractivity contribution in [2.24, 2.45) is 0 Å². The van der Waals surface area contributed by atoms with Crippen molar-refractivity contribution in [1.29, 1.82) is 0 Å². The lowest BCUT2D eigenvalue weighted by Crippen LogP contribution is -2.51. The molecular weight excluding hydrogens is 319 g/mol. The van der Waals surface area contributed by atoms with E-state index in [1.807, 2.05) is 13.8 Å². The number of carbonyl (C=O) groups is 1. The van der Waals surface area contributed by atoms with Crippen LogP contribution in [0.15, 0.2) is 29.2 Å². The molecule has 2 rings (SSSR count). The zero-order chi connectivity index (χ0) is 17.2. The van der Waals surface area contributed by atoms with Crippen molar-refractivity contribution in [3.8, 4) is 0 Å². The smallest absolute Gasteiger partial charge is 0.243 e. The number of halogens is 1. The summed E-state index contributed by atoms with van der Waals surface area (Å²) in [5, 5.41) is 0. The third kappa shape index (κ3) is 3.90. The zero-order valence-electron chi connectivity index (χ0n) is 13.7. The van der Waals surface area contributed by atoms with E-state index in [9.17, 15) is 17.6 Å². The van der Waals surface area contributed by atoms with Crippen molar-refractivity contribution in [3.63, 3.8) is 0 Å². The molecule has 7 heteroatoms. The van der Waals surface area contributed by atoms with Crippen LogP contribution in [0.25, 0.3) is 0 Å². The normalized spacial score (nSPS) is 22.4. The number of likely N-dealkylation sites (tertiary alicyclic amines) is 1. The highest BCUT2D eigenvalue weighted by atomic mass is 32.2. The van der Waals surface area contributed by atoms with Gasteiger partial charge in [0.15, 0.2) is 0 Å². The Morgan fingerprint density at radius 2 is 1.74 bits per heavy atom. The standard InChI is InChI=1S/C16H23FN2O3S/c1-12-5-4-6-13(2)19(12)16(20)11-18(3)23(21,22)15-9-7-14(17)8-10-15/h7-10,12-13H,4-6,11H2,1-3H3. The predicted octanol–water partition coefficient (Wildman–Crippen LogP) is 2.24. The first-order valence-electron chi connectivity index (χ1n) is 7.76. The summed E-state index contributed by atoms with van der Waals surface area (Å²) in [6.07, 6.45) is 2.95. The van der Waals surface area contributed by atoms with Gasteiger partial charge in [0, 0.05) is 19.1 Å². The maximum absolute atomic E-state index is 12.9. The molecule has 1 aromatic rings. The first-order valence-corrected chi connectivity index (χ1v) is 9.20. The van der Waals surface area contributed by atoms with Crippen molar-refractivity contribution in [1.82, 2.24) is 9.21 Å². The number of hydrogen-bond acceptors (Lipinski definition) is 3. The fraction of sp³-hybridized carbons (Fsp3) is 0.562. The molecule has 1 fully saturated rings. The monoisotopic (exact) mass is 342 g/mol. The van der Waals surface area contributed by atoms with Crippen molar-refractivity contribution in [2.45, 2.75) is 50.1 Å². The molecule has 1 amide bonds. The molecular formula is C16H23FN2O3S. The number of hydrogen-bond donors (Lipinski definition) is 0. The summed E-state index contributed by atoms with van der Waals surface area (Å²) < 4.78 is 38.9. The number of benzene rings is 1. The average Bonchev–Trinajstić information content (AvgIpc) is 2.47. The van der Waals surface area contributed by atoms with Crippen LogP contribution in [0.2, 0.25) is 0 Å². The molecule has 0 saturated carbocycles. The molecule has 5 nitrogen and oxygen atoms in total. The number of rotatable bonds is 4. The largest absolute Gasteiger partial charge is 0.336 e. The number of amides is 1. The molecule has 1 heterocycles. The third-order valence-electron chi connectivity index (χ3n) is 4.36. The molecule has 0 spiro atoms. The Morgan fingerprint density at radius 1 is 1.22 bits per heavy atom. The van der Waals surface area contributed by atoms with Crippen LogP contribution in [0.5, 0.6) is 0 Å². The minimum Gasteiger partial charge on any atom is -0.336 e. The molecule has 0 aromatic heterocycles. The topological polar surface area (TPSA) is 57.7 Å². The summed E-state index contributed by atoms with van der Waals surface area (Å²) in [4.78, 5) is 14.3. The molecule has 1 aliphatic rings. The molecule has 0 radical (unpaired) electrons. The molecule has 2 atom stereocenters. The zero-order valence-corrected chi connectivity index (χ0v) is 14.5. The van der Waals surface area contributed by atoms with Crippen LogP contribution in [0.4, 0.5) is 4.39 Å². The molecule has 1 saturated heterocycles. The second-order valence-corrected chi connectivity index (χ2v) is 8.19. The van der Waals surface area contributed by atoms with Gasteiger partial charge in [-0.15, -0.1) is 0 Å². The summed E-state index contributed by atoms with van der Waals surface area (Å²) >= 11 is 0. The number of sulfonamides is 1. The lowest BCUT2D eigenvalue weighted by Gasteiger charge is -2.39. The Balaban J connectivity index is 2.12. The Morgan fingerprint density at radius 3 is 2.26 bits per heavy atom. The van der Waals surface area contributed by atoms with Crippen LogP contribution in [0.1, 0.15) is 33.1 Å². The summed E-state index contributed by atoms with van der Waals surface area (Å²) in [5.74, 6) is -0.698. The minimum absolute atomic E-state index is 0.0195. The van der Waals surface area contributed by atoms with Crippen LogP contribution in [0, 0.1) is 5.82 Å². The lowest BCUT2D eigenvalue weighted by molar-refractivity contribution is -0.137. The highest BCUT2D eigenvalue weighted by molar-refractivity contribution is 7.89. The van der Waals surface area contributed by atoms with Gasteiger partial charge in [-0.05, 0) is 57.4 Å². The first-order chi connectivity index (χ1) is 10.7. The summed E-state index contributed by atoms with van der Waals surface area (Å²) in [6.45, 7) is 3.76. The molecule has 128 valence electrons. The van der Waals surface area contributed by atoms with Crippen LogP contribution < -0.4 is 0 Å². The predicted molar refractivity (Wildman–Crippen MR) is 85.8 cm³/mol. The van der Waals surface area contributed by atoms with Crippen LogP contribution in [-0.2, 0) is 14.8 Å². The van der Waals surface area contributed by atoms with Crippen LogP contribution >= 0.6 is 0 Å². The molecule has 2 unspecified atom stereocenters. The van der Waals surface area contributed by atoms with Gasteiger partial charge in [-0.3, -0.25) is 4.79 Å². The lowest BCUT2D eigenvalue weighted by atomic mass is 9.97. The van der Waals surface area contributed by atoms with Gasteiger partial charge in [0.1, 0.15) is 5.82 Å². The number of piperidine rings is 1. The Hall–Kier alpha value is -1.47. The second kappa shape index (κ2) is 6.97. The van der Waals surface area contributed by atoms with Crippen LogP contribution in [-0.4, -0.2) is 49.2 Å². The third-order valence-corrected chi connectivity index (χ3v) is 6.18. The number of carbonyl (C=O) groups excluding carboxylic acids is 1. The minimum atomic E-state index is -3.81. The van der Waals surface area contributed by atoms with Gasteiger partial charge in [0.25, 0.3) is 0 Å². The summed E-state index contributed by atoms with van der Waals surface area (Å²) in [5.41, 5.74) is 0. The van der Waals surface area contributed by atoms with E-state index in [-0.39, 0.29) is 29.4 Å². The first kappa shape index (κ1) is 17.9. The van der Waals surface area contributed by atoms with Crippen molar-refractivity contribution >= 4 is 15.9 Å². The van der Waals surface area contributed by atoms with Gasteiger partial charge in [0.05, 0.1) is 11.4 Å². The van der Waals surface area contributed by atoms with Gasteiger partial charge >= 0.3 is 0 Å². The Kier molecular flexibility index (Phi) is 5.41. The highest BCUT2D eigenvalue weighted by Crippen LogP contribution is 2.23. The Labute approximate surface area is 137 Å². The maximum Gasteiger partial charge on any atom is 0.243 e. The fourth-order valence-electron chi connectivity index (χ4n) is 3.06. The van der Waals surface area contributed by atoms with Crippen molar-refractivity contribution in [3.05, 3.63) is 30.1 Å². The maximum atomic E-state index is 12.9.